The number of alkyl halides is 1. The maximum absolute atomic E-state index is 13.2. The molecule has 29 nitrogen and oxygen atoms in total. The van der Waals surface area contributed by atoms with E-state index < -0.39 is 29.6 Å². The molecule has 10 aromatic heterocycles. The van der Waals surface area contributed by atoms with E-state index in [1.165, 1.54) is 93.3 Å². The first kappa shape index (κ1) is 108. The number of aliphatic hydroxyl groups is 1. The summed E-state index contributed by atoms with van der Waals surface area (Å²) in [4.78, 5) is 75.0. The van der Waals surface area contributed by atoms with Crippen molar-refractivity contribution in [2.75, 3.05) is 33.0 Å². The van der Waals surface area contributed by atoms with Gasteiger partial charge in [-0.05, 0) is 147 Å². The van der Waals surface area contributed by atoms with Gasteiger partial charge in [0.1, 0.15) is 51.7 Å². The Morgan fingerprint density at radius 3 is 1.25 bits per heavy atom. The summed E-state index contributed by atoms with van der Waals surface area (Å²) in [5.74, 6) is -1.29. The number of aromatic hydroxyl groups is 1. The van der Waals surface area contributed by atoms with Crippen molar-refractivity contribution in [3.8, 4) is 29.0 Å². The van der Waals surface area contributed by atoms with Gasteiger partial charge in [0.2, 0.25) is 0 Å². The van der Waals surface area contributed by atoms with E-state index in [1.54, 1.807) is 99.5 Å². The number of phenols is 1. The van der Waals surface area contributed by atoms with Crippen molar-refractivity contribution >= 4 is 126 Å². The molecule has 5 aromatic carbocycles. The van der Waals surface area contributed by atoms with Crippen LogP contribution in [0.25, 0.3) is 23.3 Å². The Morgan fingerprint density at radius 2 is 0.877 bits per heavy atom. The van der Waals surface area contributed by atoms with Gasteiger partial charge in [-0.25, -0.2) is 80.0 Å². The molecule has 3 radical (unpaired) electrons. The Bertz CT molecular complexity index is 5690. The number of pyridine rings is 5. The molecule has 130 heavy (non-hydrogen) atoms. The number of carbonyl (C=O) groups is 4. The molecule has 15 aromatic rings. The van der Waals surface area contributed by atoms with Crippen LogP contribution in [0.2, 0.25) is 0 Å². The zero-order valence-corrected chi connectivity index (χ0v) is 78.3. The number of hydrogen-bond donors (Lipinski definition) is 4. The Morgan fingerprint density at radius 1 is 0.485 bits per heavy atom. The van der Waals surface area contributed by atoms with Crippen LogP contribution in [0.3, 0.4) is 0 Å². The zero-order chi connectivity index (χ0) is 92.2. The minimum absolute atomic E-state index is 0. The Balaban J connectivity index is 0.000000324. The van der Waals surface area contributed by atoms with E-state index in [0.717, 1.165) is 62.9 Å². The van der Waals surface area contributed by atoms with E-state index >= 15 is 0 Å². The fourth-order valence-electron chi connectivity index (χ4n) is 10.3. The van der Waals surface area contributed by atoms with Gasteiger partial charge in [0.25, 0.3) is 0 Å². The predicted molar refractivity (Wildman–Crippen MR) is 506 cm³/mol. The van der Waals surface area contributed by atoms with E-state index in [2.05, 4.69) is 146 Å². The smallest absolute Gasteiger partial charge is 1.00 e. The molecular weight excluding hydrogens is 2080 g/mol. The summed E-state index contributed by atoms with van der Waals surface area (Å²) in [6.07, 6.45) is 15.4. The first-order valence-electron chi connectivity index (χ1n) is 38.4. The van der Waals surface area contributed by atoms with Crippen LogP contribution in [0.1, 0.15) is 95.0 Å². The molecule has 15 rings (SSSR count). The van der Waals surface area contributed by atoms with Crippen LogP contribution >= 0.6 is 75.8 Å². The average molecular weight is 2170 g/mol. The van der Waals surface area contributed by atoms with Crippen LogP contribution in [0, 0.1) is 29.1 Å². The number of ether oxygens (including phenoxy) is 4. The number of hydrogen-bond acceptors (Lipinski definition) is 24. The fraction of sp³-hybridized carbons (Fsp3) is 0.144. The van der Waals surface area contributed by atoms with Crippen LogP contribution in [-0.4, -0.2) is 179 Å². The van der Waals surface area contributed by atoms with E-state index in [-0.39, 0.29) is 95.7 Å². The van der Waals surface area contributed by atoms with Crippen molar-refractivity contribution in [1.82, 2.24) is 74.2 Å². The number of carbonyl (C=O) groups excluding carboxylic acids is 4. The van der Waals surface area contributed by atoms with E-state index in [0.29, 0.717) is 76.1 Å². The molecule has 0 saturated heterocycles. The van der Waals surface area contributed by atoms with E-state index in [9.17, 15) is 41.1 Å². The number of aliphatic hydroxyl groups excluding tert-OH is 1. The van der Waals surface area contributed by atoms with Crippen molar-refractivity contribution in [3.63, 3.8) is 0 Å². The Kier molecular flexibility index (Phi) is 50.6. The summed E-state index contributed by atoms with van der Waals surface area (Å²) in [5, 5.41) is 51.6. The minimum atomic E-state index is -0.787. The van der Waals surface area contributed by atoms with Crippen LogP contribution in [0.4, 0.5) is 22.0 Å². The maximum Gasteiger partial charge on any atom is 1.00 e. The van der Waals surface area contributed by atoms with Gasteiger partial charge in [-0.1, -0.05) is 161 Å². The number of phenolic OH excluding ortho intramolecular Hbond substituents is 1. The van der Waals surface area contributed by atoms with Crippen LogP contribution in [0.15, 0.2) is 318 Å². The van der Waals surface area contributed by atoms with Crippen LogP contribution in [-0.2, 0) is 46.0 Å². The second-order valence-electron chi connectivity index (χ2n) is 24.9. The normalized spacial score (nSPS) is 10.2. The molecule has 0 bridgehead atoms. The number of aliphatic imine (C=N–C) groups is 2. The number of oxime groups is 1. The molecule has 1 unspecified atom stereocenters. The van der Waals surface area contributed by atoms with Crippen LogP contribution in [0.5, 0.6) is 5.75 Å². The number of nitrogens with one attached hydrogen (secondary N) is 1. The molecule has 40 heteroatoms. The molecule has 4 N–H and O–H groups in total. The SMILES string of the molecule is CCOC(=O)C(Cc1ccn(-c2ccc(F)cn2)n1)N=C(c1ccccc1)c1ccccc1.CCOC(=O)CN=C(c1ccccc1)c1ccccc1.CCOC(=O)c1ccn(-c2ccc(F)cn2)n1.CCOC(=O)c1ccn[nH]1.Fc1ccc(-n2ccc(CI)n2)nc1.Fc1ccc(Br)nc1.II.O/N=C/c1ccccc1O.OCc1ccn(-c2ccc(F)cn2)n1.[B].[H-].[Li+]. The van der Waals surface area contributed by atoms with Gasteiger partial charge in [-0.3, -0.25) is 19.9 Å². The van der Waals surface area contributed by atoms with Gasteiger partial charge in [-0.15, -0.1) is 0 Å². The van der Waals surface area contributed by atoms with E-state index in [1.807, 2.05) is 134 Å². The summed E-state index contributed by atoms with van der Waals surface area (Å²) >= 11 is 9.54. The minimum Gasteiger partial charge on any atom is -1.00 e. The van der Waals surface area contributed by atoms with Crippen molar-refractivity contribution in [1.29, 1.82) is 0 Å². The predicted octanol–water partition coefficient (Wildman–Crippen LogP) is 14.6. The van der Waals surface area contributed by atoms with Crippen molar-refractivity contribution in [2.24, 2.45) is 15.1 Å². The Hall–Kier alpha value is -12.7. The molecule has 667 valence electrons. The quantitative estimate of drug-likeness (QED) is 0.00441. The fourth-order valence-corrected chi connectivity index (χ4v) is 10.9. The molecule has 0 aliphatic carbocycles. The number of aromatic amines is 1. The second kappa shape index (κ2) is 61.0. The molecule has 1 atom stereocenters. The summed E-state index contributed by atoms with van der Waals surface area (Å²) in [6.45, 7) is 8.26. The number of rotatable bonds is 23. The van der Waals surface area contributed by atoms with Gasteiger partial charge in [0.15, 0.2) is 35.0 Å². The number of aromatic nitrogens is 15. The summed E-state index contributed by atoms with van der Waals surface area (Å²) in [5.41, 5.74) is 8.55. The molecule has 0 spiro atoms. The third-order valence-corrected chi connectivity index (χ3v) is 17.3. The first-order valence-corrected chi connectivity index (χ1v) is 47.0. The van der Waals surface area contributed by atoms with Crippen LogP contribution < -0.4 is 18.9 Å². The van der Waals surface area contributed by atoms with E-state index in [4.69, 9.17) is 34.6 Å². The first-order chi connectivity index (χ1) is 62.2. The number of H-pyrrole nitrogens is 1. The van der Waals surface area contributed by atoms with Gasteiger partial charge in [0, 0.05) is 115 Å². The van der Waals surface area contributed by atoms with Gasteiger partial charge < -0.3 is 35.8 Å². The monoisotopic (exact) mass is 2170 g/mol. The largest absolute Gasteiger partial charge is 1.00 e. The number of nitrogens with zero attached hydrogens (tertiary/aromatic N) is 17. The number of halogens is 9. The summed E-state index contributed by atoms with van der Waals surface area (Å²) < 4.78 is 90.2. The standard InChI is InChI=1S/C26H23FN4O2.C17H17NO2.C11H10FN3O2.C9H7FIN3.C9H8FN3O.C7H7NO2.C6H8N2O2.C5H3BrFN.B.I2.Li.H/c1-2-33-26(32)23(17-22-15-16-31(30-22)24-14-13-21(27)18-28-24)29-25(19-9-5-3-6-10-19)20-11-7-4-8-12-20;1-2-20-16(19)13-18-17(14-9-5-3-6-10-14)15-11-7-4-8-12-15;1-2-17-11(16)9-5-6-15(14-9)10-4-3-8(12)7-13-10;10-7-1-2-9(12-6-7)14-4-3-8(5-11)13-14;10-7-1-2-9(11-5-7)13-4-3-8(6-14)12-13;9-7-4-2-1-3-6(7)5-8-10;1-2-10-6(9)5-3-4-7-8-5;6-5-2-1-4(7)3-8-5;;1-2;;/h3-16,18,23H,2,17H2,1H3;3-12H,2,13H2,1H3;3-7H,2H2,1H3;1-4,6H,5H2;1-5,14H,6H2;1-5,9-10H;3-4H,2H2,1H3,(H,7,8);1-3H;;;;/q;;;;;;;;;;+1;-1/b;;;;;8-5+;;;;;;. The number of esters is 4. The zero-order valence-electron chi connectivity index (χ0n) is 71.3. The summed E-state index contributed by atoms with van der Waals surface area (Å²) in [6, 6.07) is 67.7. The topological polar surface area (TPSA) is 367 Å². The molecule has 0 amide bonds. The molecule has 0 aliphatic rings. The third kappa shape index (κ3) is 37.9. The third-order valence-electron chi connectivity index (χ3n) is 16.0. The average Bonchev–Trinajstić information content (AvgIpc) is 1.64. The maximum atomic E-state index is 13.2. The number of para-hydroxylation sites is 1. The molecule has 0 fully saturated rings. The molecular formula is C90H84BBrF5I3LiN18O11. The molecule has 0 saturated carbocycles. The van der Waals surface area contributed by atoms with Crippen molar-refractivity contribution < 1.29 is 95.8 Å². The molecule has 0 aliphatic heterocycles. The Labute approximate surface area is 805 Å². The van der Waals surface area contributed by atoms with Gasteiger partial charge >= 0.3 is 42.7 Å². The van der Waals surface area contributed by atoms with Gasteiger partial charge in [0.05, 0.1) is 98.7 Å². The summed E-state index contributed by atoms with van der Waals surface area (Å²) in [7, 11) is 0. The number of benzene rings is 5. The second-order valence-corrected chi connectivity index (χ2v) is 26.5. The van der Waals surface area contributed by atoms with Crippen molar-refractivity contribution in [2.45, 2.75) is 51.2 Å². The van der Waals surface area contributed by atoms with Gasteiger partial charge in [-0.2, -0.15) is 25.5 Å². The molecule has 10 heterocycles. The van der Waals surface area contributed by atoms with Crippen molar-refractivity contribution in [3.05, 3.63) is 389 Å².